The fourth-order valence-electron chi connectivity index (χ4n) is 2.69. The summed E-state index contributed by atoms with van der Waals surface area (Å²) in [6.07, 6.45) is 0. The molecule has 26 heavy (non-hydrogen) atoms. The maximum atomic E-state index is 6.28. The molecule has 0 fully saturated rings. The zero-order chi connectivity index (χ0) is 18.1. The fourth-order valence-corrected chi connectivity index (χ4v) is 3.78. The van der Waals surface area contributed by atoms with E-state index in [-0.39, 0.29) is 0 Å². The van der Waals surface area contributed by atoms with E-state index in [9.17, 15) is 0 Å². The molecule has 0 aliphatic rings. The molecule has 2 aromatic heterocycles. The lowest BCUT2D eigenvalue weighted by Crippen LogP contribution is -1.99. The van der Waals surface area contributed by atoms with Crippen molar-refractivity contribution in [3.05, 3.63) is 64.6 Å². The first-order valence-electron chi connectivity index (χ1n) is 7.95. The molecule has 0 amide bonds. The molecule has 0 radical (unpaired) electrons. The van der Waals surface area contributed by atoms with E-state index in [2.05, 4.69) is 10.3 Å². The van der Waals surface area contributed by atoms with Crippen molar-refractivity contribution in [2.75, 3.05) is 7.11 Å². The van der Waals surface area contributed by atoms with Gasteiger partial charge in [0.25, 0.3) is 0 Å². The van der Waals surface area contributed by atoms with Crippen LogP contribution < -0.4 is 4.74 Å². The van der Waals surface area contributed by atoms with Crippen molar-refractivity contribution in [2.24, 2.45) is 0 Å². The van der Waals surface area contributed by atoms with Crippen LogP contribution in [-0.2, 0) is 0 Å². The first-order valence-corrected chi connectivity index (χ1v) is 9.20. The largest absolute Gasteiger partial charge is 0.497 e. The summed E-state index contributed by atoms with van der Waals surface area (Å²) in [6.45, 7) is 1.98. The predicted octanol–water partition coefficient (Wildman–Crippen LogP) is 5.03. The molecule has 0 spiro atoms. The van der Waals surface area contributed by atoms with Gasteiger partial charge in [-0.15, -0.1) is 16.4 Å². The fraction of sp³-hybridized carbons (Fsp3) is 0.105. The quantitative estimate of drug-likeness (QED) is 0.496. The highest BCUT2D eigenvalue weighted by Gasteiger charge is 2.17. The van der Waals surface area contributed by atoms with Crippen LogP contribution in [-0.4, -0.2) is 27.1 Å². The Morgan fingerprint density at radius 1 is 1.12 bits per heavy atom. The van der Waals surface area contributed by atoms with Gasteiger partial charge < -0.3 is 4.74 Å². The van der Waals surface area contributed by atoms with E-state index in [4.69, 9.17) is 21.3 Å². The Kier molecular flexibility index (Phi) is 4.44. The van der Waals surface area contributed by atoms with Crippen LogP contribution in [0.1, 0.15) is 5.69 Å². The Morgan fingerprint density at radius 3 is 2.77 bits per heavy atom. The maximum absolute atomic E-state index is 6.28. The summed E-state index contributed by atoms with van der Waals surface area (Å²) in [5.41, 5.74) is 4.32. The number of hydrogen-bond acceptors (Lipinski definition) is 5. The van der Waals surface area contributed by atoms with Gasteiger partial charge in [-0.25, -0.2) is 9.67 Å². The van der Waals surface area contributed by atoms with E-state index in [1.807, 2.05) is 60.8 Å². The lowest BCUT2D eigenvalue weighted by molar-refractivity contribution is 0.414. The lowest BCUT2D eigenvalue weighted by atomic mass is 10.2. The van der Waals surface area contributed by atoms with E-state index in [1.165, 1.54) is 11.3 Å². The molecule has 0 saturated carbocycles. The molecule has 130 valence electrons. The highest BCUT2D eigenvalue weighted by atomic mass is 35.5. The van der Waals surface area contributed by atoms with Gasteiger partial charge in [0.1, 0.15) is 16.5 Å². The summed E-state index contributed by atoms with van der Waals surface area (Å²) in [5.74, 6) is 0.772. The molecule has 4 aromatic rings. The van der Waals surface area contributed by atoms with Crippen LogP contribution in [0.25, 0.3) is 27.6 Å². The first kappa shape index (κ1) is 16.8. The summed E-state index contributed by atoms with van der Waals surface area (Å²) in [5, 5.41) is 12.1. The molecule has 2 aromatic carbocycles. The minimum absolute atomic E-state index is 0.682. The zero-order valence-electron chi connectivity index (χ0n) is 14.2. The number of ether oxygens (including phenoxy) is 1. The molecule has 0 atom stereocenters. The topological polar surface area (TPSA) is 52.8 Å². The highest BCUT2D eigenvalue weighted by molar-refractivity contribution is 7.13. The van der Waals surface area contributed by atoms with Crippen molar-refractivity contribution in [3.63, 3.8) is 0 Å². The third kappa shape index (κ3) is 2.98. The molecule has 4 rings (SSSR count). The SMILES string of the molecule is COc1cccc(-n2nnc(-c3nc(-c4ccccc4Cl)cs3)c2C)c1. The summed E-state index contributed by atoms with van der Waals surface area (Å²) in [7, 11) is 1.64. The number of halogens is 1. The number of hydrogen-bond donors (Lipinski definition) is 0. The summed E-state index contributed by atoms with van der Waals surface area (Å²) >= 11 is 7.80. The molecule has 0 saturated heterocycles. The summed E-state index contributed by atoms with van der Waals surface area (Å²) < 4.78 is 7.07. The Morgan fingerprint density at radius 2 is 1.96 bits per heavy atom. The van der Waals surface area contributed by atoms with Crippen molar-refractivity contribution < 1.29 is 4.74 Å². The van der Waals surface area contributed by atoms with E-state index in [0.717, 1.165) is 39.1 Å². The molecule has 0 bridgehead atoms. The predicted molar refractivity (Wildman–Crippen MR) is 104 cm³/mol. The Hall–Kier alpha value is -2.70. The second kappa shape index (κ2) is 6.90. The van der Waals surface area contributed by atoms with Crippen LogP contribution in [0.3, 0.4) is 0 Å². The van der Waals surface area contributed by atoms with Crippen molar-refractivity contribution in [2.45, 2.75) is 6.92 Å². The van der Waals surface area contributed by atoms with Gasteiger partial charge >= 0.3 is 0 Å². The van der Waals surface area contributed by atoms with Crippen molar-refractivity contribution in [1.29, 1.82) is 0 Å². The van der Waals surface area contributed by atoms with E-state index in [1.54, 1.807) is 11.8 Å². The lowest BCUT2D eigenvalue weighted by Gasteiger charge is -2.05. The van der Waals surface area contributed by atoms with E-state index < -0.39 is 0 Å². The van der Waals surface area contributed by atoms with Crippen LogP contribution in [0, 0.1) is 6.92 Å². The van der Waals surface area contributed by atoms with Crippen LogP contribution in [0.15, 0.2) is 53.9 Å². The Labute approximate surface area is 159 Å². The van der Waals surface area contributed by atoms with Crippen LogP contribution in [0.5, 0.6) is 5.75 Å². The van der Waals surface area contributed by atoms with Gasteiger partial charge in [-0.1, -0.05) is 41.1 Å². The second-order valence-corrected chi connectivity index (χ2v) is 6.92. The highest BCUT2D eigenvalue weighted by Crippen LogP contribution is 2.33. The minimum Gasteiger partial charge on any atom is -0.497 e. The Balaban J connectivity index is 1.72. The molecule has 5 nitrogen and oxygen atoms in total. The van der Waals surface area contributed by atoms with Crippen molar-refractivity contribution >= 4 is 22.9 Å². The van der Waals surface area contributed by atoms with Gasteiger partial charge in [0.05, 0.1) is 24.2 Å². The summed E-state index contributed by atoms with van der Waals surface area (Å²) in [4.78, 5) is 4.71. The normalized spacial score (nSPS) is 10.9. The van der Waals surface area contributed by atoms with Gasteiger partial charge in [-0.3, -0.25) is 0 Å². The van der Waals surface area contributed by atoms with Gasteiger partial charge in [0.2, 0.25) is 0 Å². The number of aromatic nitrogens is 4. The molecular weight excluding hydrogens is 368 g/mol. The van der Waals surface area contributed by atoms with Gasteiger partial charge in [-0.2, -0.15) is 0 Å². The second-order valence-electron chi connectivity index (χ2n) is 5.65. The molecule has 0 N–H and O–H groups in total. The Bertz CT molecular complexity index is 1070. The first-order chi connectivity index (χ1) is 12.7. The van der Waals surface area contributed by atoms with E-state index in [0.29, 0.717) is 5.02 Å². The minimum atomic E-state index is 0.682. The number of thiazole rings is 1. The smallest absolute Gasteiger partial charge is 0.146 e. The molecule has 0 aliphatic carbocycles. The number of rotatable bonds is 4. The third-order valence-electron chi connectivity index (χ3n) is 4.05. The van der Waals surface area contributed by atoms with Gasteiger partial charge in [-0.05, 0) is 25.1 Å². The van der Waals surface area contributed by atoms with Gasteiger partial charge in [0.15, 0.2) is 0 Å². The molecule has 7 heteroatoms. The monoisotopic (exact) mass is 382 g/mol. The zero-order valence-corrected chi connectivity index (χ0v) is 15.8. The average Bonchev–Trinajstić information content (AvgIpc) is 3.29. The van der Waals surface area contributed by atoms with Crippen LogP contribution in [0.2, 0.25) is 5.02 Å². The number of nitrogens with zero attached hydrogens (tertiary/aromatic N) is 4. The molecule has 2 heterocycles. The third-order valence-corrected chi connectivity index (χ3v) is 5.23. The number of benzene rings is 2. The van der Waals surface area contributed by atoms with Gasteiger partial charge in [0, 0.05) is 22.0 Å². The number of methoxy groups -OCH3 is 1. The maximum Gasteiger partial charge on any atom is 0.146 e. The summed E-state index contributed by atoms with van der Waals surface area (Å²) in [6, 6.07) is 15.4. The standard InChI is InChI=1S/C19H15ClN4OS/c1-12-18(22-23-24(12)13-6-5-7-14(10-13)25-2)19-21-17(11-26-19)15-8-3-4-9-16(15)20/h3-11H,1-2H3. The molecular formula is C19H15ClN4OS. The molecule has 0 aliphatic heterocycles. The van der Waals surface area contributed by atoms with Crippen LogP contribution >= 0.6 is 22.9 Å². The molecule has 0 unspecified atom stereocenters. The van der Waals surface area contributed by atoms with Crippen molar-refractivity contribution in [3.8, 4) is 33.4 Å². The van der Waals surface area contributed by atoms with Crippen LogP contribution in [0.4, 0.5) is 0 Å². The van der Waals surface area contributed by atoms with E-state index >= 15 is 0 Å². The van der Waals surface area contributed by atoms with Crippen molar-refractivity contribution in [1.82, 2.24) is 20.0 Å². The average molecular weight is 383 g/mol.